The van der Waals surface area contributed by atoms with E-state index in [1.165, 1.54) is 12.4 Å². The minimum atomic E-state index is -0.394. The summed E-state index contributed by atoms with van der Waals surface area (Å²) >= 11 is 3.12. The quantitative estimate of drug-likeness (QED) is 0.649. The summed E-state index contributed by atoms with van der Waals surface area (Å²) in [6, 6.07) is 0. The number of carbonyl (C=O) groups excluding carboxylic acids is 1. The van der Waals surface area contributed by atoms with Gasteiger partial charge >= 0.3 is 0 Å². The molecule has 3 heterocycles. The Hall–Kier alpha value is -1.93. The monoisotopic (exact) mass is 337 g/mol. The predicted octanol–water partition coefficient (Wildman–Crippen LogP) is 0.758. The molecule has 0 spiro atoms. The Bertz CT molecular complexity index is 721. The van der Waals surface area contributed by atoms with Crippen LogP contribution in [0.1, 0.15) is 21.7 Å². The van der Waals surface area contributed by atoms with Crippen LogP contribution in [-0.2, 0) is 13.0 Å². The molecule has 0 fully saturated rings. The Kier molecular flexibility index (Phi) is 3.41. The highest BCUT2D eigenvalue weighted by atomic mass is 79.9. The lowest BCUT2D eigenvalue weighted by Gasteiger charge is -2.12. The highest BCUT2D eigenvalue weighted by molar-refractivity contribution is 9.10. The van der Waals surface area contributed by atoms with E-state index in [-0.39, 0.29) is 11.1 Å². The van der Waals surface area contributed by atoms with Crippen LogP contribution in [0.5, 0.6) is 0 Å². The zero-order chi connectivity index (χ0) is 14.1. The number of pyridine rings is 1. The SMILES string of the molecule is O=C(Nc1c[nH]cc(Br)c1=O)c1n[nH]c2c1CNCC2. The molecule has 2 aromatic rings. The number of hydrogen-bond acceptors (Lipinski definition) is 4. The Morgan fingerprint density at radius 1 is 1.40 bits per heavy atom. The molecule has 8 heteroatoms. The molecule has 0 bridgehead atoms. The van der Waals surface area contributed by atoms with Crippen LogP contribution in [0.2, 0.25) is 0 Å². The number of halogens is 1. The van der Waals surface area contributed by atoms with Crippen LogP contribution >= 0.6 is 15.9 Å². The van der Waals surface area contributed by atoms with Crippen molar-refractivity contribution in [2.75, 3.05) is 11.9 Å². The molecule has 1 aliphatic heterocycles. The summed E-state index contributed by atoms with van der Waals surface area (Å²) in [5.74, 6) is -0.394. The summed E-state index contributed by atoms with van der Waals surface area (Å²) in [5.41, 5.74) is 2.06. The van der Waals surface area contributed by atoms with Crippen LogP contribution in [0, 0.1) is 0 Å². The largest absolute Gasteiger partial charge is 0.365 e. The number of nitrogens with one attached hydrogen (secondary N) is 4. The van der Waals surface area contributed by atoms with Gasteiger partial charge in [-0.3, -0.25) is 14.7 Å². The molecule has 4 N–H and O–H groups in total. The molecule has 0 saturated heterocycles. The van der Waals surface area contributed by atoms with Crippen LogP contribution < -0.4 is 16.1 Å². The molecule has 0 aromatic carbocycles. The van der Waals surface area contributed by atoms with E-state index in [0.29, 0.717) is 16.7 Å². The summed E-state index contributed by atoms with van der Waals surface area (Å²) < 4.78 is 0.362. The molecule has 0 aliphatic carbocycles. The van der Waals surface area contributed by atoms with Crippen LogP contribution in [0.3, 0.4) is 0 Å². The highest BCUT2D eigenvalue weighted by Gasteiger charge is 2.22. The van der Waals surface area contributed by atoms with Gasteiger partial charge < -0.3 is 15.6 Å². The summed E-state index contributed by atoms with van der Waals surface area (Å²) in [5, 5.41) is 12.7. The Labute approximate surface area is 122 Å². The van der Waals surface area contributed by atoms with Crippen molar-refractivity contribution in [2.45, 2.75) is 13.0 Å². The Morgan fingerprint density at radius 3 is 3.10 bits per heavy atom. The van der Waals surface area contributed by atoms with Gasteiger partial charge in [-0.25, -0.2) is 0 Å². The first-order valence-electron chi connectivity index (χ1n) is 6.11. The van der Waals surface area contributed by atoms with Gasteiger partial charge in [-0.05, 0) is 15.9 Å². The number of aromatic amines is 2. The summed E-state index contributed by atoms with van der Waals surface area (Å²) in [6.07, 6.45) is 3.77. The number of anilines is 1. The molecule has 0 atom stereocenters. The van der Waals surface area contributed by atoms with Crippen molar-refractivity contribution in [2.24, 2.45) is 0 Å². The second-order valence-corrected chi connectivity index (χ2v) is 5.31. The van der Waals surface area contributed by atoms with Crippen LogP contribution in [-0.4, -0.2) is 27.6 Å². The van der Waals surface area contributed by atoms with Gasteiger partial charge in [0.25, 0.3) is 5.91 Å². The highest BCUT2D eigenvalue weighted by Crippen LogP contribution is 2.16. The molecule has 0 saturated carbocycles. The molecule has 1 aliphatic rings. The zero-order valence-electron chi connectivity index (χ0n) is 10.4. The van der Waals surface area contributed by atoms with Crippen molar-refractivity contribution in [3.05, 3.63) is 44.0 Å². The van der Waals surface area contributed by atoms with Gasteiger partial charge in [-0.2, -0.15) is 5.10 Å². The second-order valence-electron chi connectivity index (χ2n) is 4.46. The van der Waals surface area contributed by atoms with Crippen molar-refractivity contribution in [3.63, 3.8) is 0 Å². The predicted molar refractivity (Wildman–Crippen MR) is 76.7 cm³/mol. The van der Waals surface area contributed by atoms with E-state index in [0.717, 1.165) is 24.2 Å². The molecule has 0 unspecified atom stereocenters. The average molecular weight is 338 g/mol. The maximum absolute atomic E-state index is 12.2. The van der Waals surface area contributed by atoms with E-state index in [2.05, 4.69) is 41.7 Å². The molecule has 2 aromatic heterocycles. The molecule has 0 radical (unpaired) electrons. The molecule has 1 amide bonds. The third-order valence-electron chi connectivity index (χ3n) is 3.17. The first-order valence-corrected chi connectivity index (χ1v) is 6.91. The minimum absolute atomic E-state index is 0.185. The van der Waals surface area contributed by atoms with Gasteiger partial charge in [-0.1, -0.05) is 0 Å². The van der Waals surface area contributed by atoms with E-state index in [1.54, 1.807) is 0 Å². The first kappa shape index (κ1) is 13.1. The number of fused-ring (bicyclic) bond motifs is 1. The van der Waals surface area contributed by atoms with Crippen molar-refractivity contribution < 1.29 is 4.79 Å². The number of aromatic nitrogens is 3. The van der Waals surface area contributed by atoms with Crippen molar-refractivity contribution in [1.29, 1.82) is 0 Å². The van der Waals surface area contributed by atoms with E-state index < -0.39 is 5.91 Å². The molecule has 20 heavy (non-hydrogen) atoms. The van der Waals surface area contributed by atoms with Crippen LogP contribution in [0.15, 0.2) is 21.7 Å². The van der Waals surface area contributed by atoms with Gasteiger partial charge in [-0.15, -0.1) is 0 Å². The second kappa shape index (κ2) is 5.22. The van der Waals surface area contributed by atoms with E-state index in [9.17, 15) is 9.59 Å². The van der Waals surface area contributed by atoms with Gasteiger partial charge in [0.2, 0.25) is 5.43 Å². The fraction of sp³-hybridized carbons (Fsp3) is 0.250. The maximum Gasteiger partial charge on any atom is 0.276 e. The molecular formula is C12H12BrN5O2. The number of nitrogens with zero attached hydrogens (tertiary/aromatic N) is 1. The minimum Gasteiger partial charge on any atom is -0.365 e. The van der Waals surface area contributed by atoms with Gasteiger partial charge in [0, 0.05) is 43.2 Å². The van der Waals surface area contributed by atoms with Crippen molar-refractivity contribution >= 4 is 27.5 Å². The average Bonchev–Trinajstić information content (AvgIpc) is 2.88. The van der Waals surface area contributed by atoms with Gasteiger partial charge in [0.1, 0.15) is 5.69 Å². The summed E-state index contributed by atoms with van der Waals surface area (Å²) in [6.45, 7) is 1.46. The Balaban J connectivity index is 1.88. The Morgan fingerprint density at radius 2 is 2.25 bits per heavy atom. The summed E-state index contributed by atoms with van der Waals surface area (Å²) in [7, 11) is 0. The number of hydrogen-bond donors (Lipinski definition) is 4. The number of rotatable bonds is 2. The zero-order valence-corrected chi connectivity index (χ0v) is 12.0. The summed E-state index contributed by atoms with van der Waals surface area (Å²) in [4.78, 5) is 26.8. The fourth-order valence-corrected chi connectivity index (χ4v) is 2.49. The third-order valence-corrected chi connectivity index (χ3v) is 3.76. The molecule has 7 nitrogen and oxygen atoms in total. The fourth-order valence-electron chi connectivity index (χ4n) is 2.15. The first-order chi connectivity index (χ1) is 9.66. The van der Waals surface area contributed by atoms with E-state index >= 15 is 0 Å². The number of H-pyrrole nitrogens is 2. The number of amides is 1. The lowest BCUT2D eigenvalue weighted by atomic mass is 10.1. The van der Waals surface area contributed by atoms with E-state index in [4.69, 9.17) is 0 Å². The van der Waals surface area contributed by atoms with Gasteiger partial charge in [0.05, 0.1) is 4.47 Å². The standard InChI is InChI=1S/C12H12BrN5O2/c13-7-4-15-5-9(11(7)19)16-12(20)10-6-3-14-2-1-8(6)17-18-10/h4-5,14H,1-3H2,(H,15,19)(H,16,20)(H,17,18). The maximum atomic E-state index is 12.2. The van der Waals surface area contributed by atoms with Gasteiger partial charge in [0.15, 0.2) is 5.69 Å². The van der Waals surface area contributed by atoms with Crippen LogP contribution in [0.4, 0.5) is 5.69 Å². The molecule has 104 valence electrons. The smallest absolute Gasteiger partial charge is 0.276 e. The lowest BCUT2D eigenvalue weighted by molar-refractivity contribution is 0.102. The molecule has 3 rings (SSSR count). The van der Waals surface area contributed by atoms with Crippen LogP contribution in [0.25, 0.3) is 0 Å². The normalized spacial score (nSPS) is 13.8. The van der Waals surface area contributed by atoms with Crippen molar-refractivity contribution in [1.82, 2.24) is 20.5 Å². The van der Waals surface area contributed by atoms with Crippen molar-refractivity contribution in [3.8, 4) is 0 Å². The number of carbonyl (C=O) groups is 1. The third kappa shape index (κ3) is 2.27. The molecular weight excluding hydrogens is 326 g/mol. The topological polar surface area (TPSA) is 103 Å². The van der Waals surface area contributed by atoms with E-state index in [1.807, 2.05) is 0 Å². The lowest BCUT2D eigenvalue weighted by Crippen LogP contribution is -2.26.